The highest BCUT2D eigenvalue weighted by Crippen LogP contribution is 2.41. The van der Waals surface area contributed by atoms with Crippen molar-refractivity contribution in [2.45, 2.75) is 18.9 Å². The Bertz CT molecular complexity index is 359. The van der Waals surface area contributed by atoms with Crippen molar-refractivity contribution in [2.75, 3.05) is 6.54 Å². The van der Waals surface area contributed by atoms with Gasteiger partial charge < -0.3 is 0 Å². The van der Waals surface area contributed by atoms with Crippen LogP contribution in [0.4, 0.5) is 0 Å². The summed E-state index contributed by atoms with van der Waals surface area (Å²) < 4.78 is 1.12. The number of nitrogens with one attached hydrogen (secondary N) is 1. The average Bonchev–Trinajstić information content (AvgIpc) is 3.05. The molecule has 2 heteroatoms. The molecule has 0 bridgehead atoms. The first kappa shape index (κ1) is 10.7. The highest BCUT2D eigenvalue weighted by atomic mass is 79.9. The van der Waals surface area contributed by atoms with Gasteiger partial charge in [0.15, 0.2) is 0 Å². The molecule has 15 heavy (non-hydrogen) atoms. The van der Waals surface area contributed by atoms with E-state index in [2.05, 4.69) is 51.4 Å². The van der Waals surface area contributed by atoms with Crippen LogP contribution in [0.15, 0.2) is 28.7 Å². The molecule has 1 aromatic rings. The fraction of sp³-hybridized carbons (Fsp3) is 0.385. The lowest BCUT2D eigenvalue weighted by Gasteiger charge is -2.17. The van der Waals surface area contributed by atoms with Crippen LogP contribution in [0, 0.1) is 18.3 Å². The molecule has 1 aliphatic carbocycles. The van der Waals surface area contributed by atoms with E-state index < -0.39 is 0 Å². The molecule has 78 valence electrons. The van der Waals surface area contributed by atoms with Gasteiger partial charge in [0.05, 0.1) is 6.54 Å². The van der Waals surface area contributed by atoms with Crippen LogP contribution in [-0.2, 0) is 0 Å². The topological polar surface area (TPSA) is 12.0 Å². The third kappa shape index (κ3) is 2.84. The van der Waals surface area contributed by atoms with E-state index in [0.29, 0.717) is 12.6 Å². The third-order valence-electron chi connectivity index (χ3n) is 2.75. The highest BCUT2D eigenvalue weighted by Gasteiger charge is 2.31. The summed E-state index contributed by atoms with van der Waals surface area (Å²) in [5.74, 6) is 3.42. The number of hydrogen-bond donors (Lipinski definition) is 1. The Morgan fingerprint density at radius 3 is 2.60 bits per heavy atom. The lowest BCUT2D eigenvalue weighted by atomic mass is 10.0. The van der Waals surface area contributed by atoms with E-state index in [4.69, 9.17) is 6.42 Å². The molecule has 0 aliphatic heterocycles. The van der Waals surface area contributed by atoms with Crippen LogP contribution in [0.2, 0.25) is 0 Å². The zero-order chi connectivity index (χ0) is 10.7. The van der Waals surface area contributed by atoms with Gasteiger partial charge in [-0.2, -0.15) is 0 Å². The van der Waals surface area contributed by atoms with E-state index >= 15 is 0 Å². The predicted octanol–water partition coefficient (Wildman–Crippen LogP) is 3.12. The molecule has 0 radical (unpaired) electrons. The average molecular weight is 264 g/mol. The first-order valence-corrected chi connectivity index (χ1v) is 6.03. The number of halogens is 1. The Balaban J connectivity index is 2.10. The standard InChI is InChI=1S/C13H14BrN/c1-2-9-15-13(10-3-4-10)11-5-7-12(14)8-6-11/h1,5-8,10,13,15H,3-4,9H2. The predicted molar refractivity (Wildman–Crippen MR) is 66.4 cm³/mol. The first-order chi connectivity index (χ1) is 7.31. The number of terminal acetylenes is 1. The third-order valence-corrected chi connectivity index (χ3v) is 3.28. The minimum absolute atomic E-state index is 0.439. The molecule has 1 saturated carbocycles. The lowest BCUT2D eigenvalue weighted by Crippen LogP contribution is -2.23. The van der Waals surface area contributed by atoms with E-state index in [0.717, 1.165) is 10.4 Å². The van der Waals surface area contributed by atoms with Gasteiger partial charge in [-0.3, -0.25) is 5.32 Å². The molecule has 1 nitrogen and oxygen atoms in total. The Labute approximate surface area is 99.4 Å². The Kier molecular flexibility index (Phi) is 3.45. The van der Waals surface area contributed by atoms with E-state index in [1.165, 1.54) is 18.4 Å². The van der Waals surface area contributed by atoms with Crippen molar-refractivity contribution in [3.8, 4) is 12.3 Å². The molecule has 0 saturated heterocycles. The summed E-state index contributed by atoms with van der Waals surface area (Å²) in [7, 11) is 0. The van der Waals surface area contributed by atoms with Gasteiger partial charge in [-0.1, -0.05) is 34.0 Å². The molecule has 1 aliphatic rings. The van der Waals surface area contributed by atoms with Crippen LogP contribution in [0.3, 0.4) is 0 Å². The van der Waals surface area contributed by atoms with Crippen molar-refractivity contribution in [3.05, 3.63) is 34.3 Å². The minimum Gasteiger partial charge on any atom is -0.299 e. The molecule has 1 fully saturated rings. The number of rotatable bonds is 4. The molecule has 1 N–H and O–H groups in total. The van der Waals surface area contributed by atoms with Gasteiger partial charge in [0.1, 0.15) is 0 Å². The van der Waals surface area contributed by atoms with Gasteiger partial charge in [0.25, 0.3) is 0 Å². The van der Waals surface area contributed by atoms with E-state index in [1.54, 1.807) is 0 Å². The SMILES string of the molecule is C#CCNC(c1ccc(Br)cc1)C1CC1. The molecule has 2 rings (SSSR count). The molecule has 1 unspecified atom stereocenters. The van der Waals surface area contributed by atoms with Crippen LogP contribution in [0.1, 0.15) is 24.4 Å². The number of benzene rings is 1. The zero-order valence-electron chi connectivity index (χ0n) is 8.54. The van der Waals surface area contributed by atoms with Gasteiger partial charge in [-0.05, 0) is 36.5 Å². The molecule has 1 atom stereocenters. The summed E-state index contributed by atoms with van der Waals surface area (Å²) >= 11 is 3.45. The monoisotopic (exact) mass is 263 g/mol. The normalized spacial score (nSPS) is 17.1. The Morgan fingerprint density at radius 1 is 1.40 bits per heavy atom. The lowest BCUT2D eigenvalue weighted by molar-refractivity contribution is 0.511. The first-order valence-electron chi connectivity index (χ1n) is 5.23. The van der Waals surface area contributed by atoms with Crippen molar-refractivity contribution < 1.29 is 0 Å². The zero-order valence-corrected chi connectivity index (χ0v) is 10.1. The summed E-state index contributed by atoms with van der Waals surface area (Å²) in [6.07, 6.45) is 7.92. The summed E-state index contributed by atoms with van der Waals surface area (Å²) in [5, 5.41) is 3.42. The second-order valence-electron chi connectivity index (χ2n) is 3.95. The van der Waals surface area contributed by atoms with Crippen LogP contribution in [0.5, 0.6) is 0 Å². The Hall–Kier alpha value is -0.780. The van der Waals surface area contributed by atoms with Crippen molar-refractivity contribution >= 4 is 15.9 Å². The molecular weight excluding hydrogens is 250 g/mol. The fourth-order valence-corrected chi connectivity index (χ4v) is 2.09. The summed E-state index contributed by atoms with van der Waals surface area (Å²) in [6, 6.07) is 8.94. The molecule has 0 aromatic heterocycles. The Morgan fingerprint density at radius 2 is 2.07 bits per heavy atom. The van der Waals surface area contributed by atoms with Gasteiger partial charge >= 0.3 is 0 Å². The van der Waals surface area contributed by atoms with E-state index in [1.807, 2.05) is 0 Å². The maximum Gasteiger partial charge on any atom is 0.0578 e. The van der Waals surface area contributed by atoms with Crippen LogP contribution in [0.25, 0.3) is 0 Å². The second-order valence-corrected chi connectivity index (χ2v) is 4.87. The van der Waals surface area contributed by atoms with Gasteiger partial charge in [-0.25, -0.2) is 0 Å². The molecule has 0 heterocycles. The smallest absolute Gasteiger partial charge is 0.0578 e. The summed E-state index contributed by atoms with van der Waals surface area (Å²) in [6.45, 7) is 0.650. The van der Waals surface area contributed by atoms with Crippen LogP contribution >= 0.6 is 15.9 Å². The van der Waals surface area contributed by atoms with E-state index in [9.17, 15) is 0 Å². The molecule has 1 aromatic carbocycles. The molecule has 0 amide bonds. The largest absolute Gasteiger partial charge is 0.299 e. The maximum atomic E-state index is 5.28. The van der Waals surface area contributed by atoms with Crippen LogP contribution < -0.4 is 5.32 Å². The van der Waals surface area contributed by atoms with Crippen molar-refractivity contribution in [1.29, 1.82) is 0 Å². The molecular formula is C13H14BrN. The van der Waals surface area contributed by atoms with Crippen molar-refractivity contribution in [1.82, 2.24) is 5.32 Å². The second kappa shape index (κ2) is 4.83. The summed E-state index contributed by atoms with van der Waals surface area (Å²) in [4.78, 5) is 0. The maximum absolute atomic E-state index is 5.28. The van der Waals surface area contributed by atoms with Gasteiger partial charge in [0.2, 0.25) is 0 Å². The molecule has 0 spiro atoms. The van der Waals surface area contributed by atoms with Gasteiger partial charge in [0, 0.05) is 10.5 Å². The minimum atomic E-state index is 0.439. The fourth-order valence-electron chi connectivity index (χ4n) is 1.83. The van der Waals surface area contributed by atoms with E-state index in [-0.39, 0.29) is 0 Å². The van der Waals surface area contributed by atoms with Gasteiger partial charge in [-0.15, -0.1) is 6.42 Å². The quantitative estimate of drug-likeness (QED) is 0.824. The number of hydrogen-bond acceptors (Lipinski definition) is 1. The van der Waals surface area contributed by atoms with Crippen molar-refractivity contribution in [3.63, 3.8) is 0 Å². The summed E-state index contributed by atoms with van der Waals surface area (Å²) in [5.41, 5.74) is 1.34. The van der Waals surface area contributed by atoms with Crippen molar-refractivity contribution in [2.24, 2.45) is 5.92 Å². The highest BCUT2D eigenvalue weighted by molar-refractivity contribution is 9.10. The van der Waals surface area contributed by atoms with Crippen LogP contribution in [-0.4, -0.2) is 6.54 Å².